The average molecular weight is 279 g/mol. The van der Waals surface area contributed by atoms with Gasteiger partial charge in [-0.05, 0) is 30.7 Å². The molecule has 0 saturated carbocycles. The summed E-state index contributed by atoms with van der Waals surface area (Å²) in [4.78, 5) is 24.2. The van der Waals surface area contributed by atoms with Crippen molar-refractivity contribution in [3.8, 4) is 0 Å². The largest absolute Gasteiger partial charge is 0.475 e. The number of hydrogen-bond donors (Lipinski definition) is 2. The van der Waals surface area contributed by atoms with Gasteiger partial charge in [-0.1, -0.05) is 6.92 Å². The number of carboxylic acid groups (broad SMARTS) is 1. The van der Waals surface area contributed by atoms with Gasteiger partial charge in [0.05, 0.1) is 11.4 Å². The summed E-state index contributed by atoms with van der Waals surface area (Å²) in [5, 5.41) is 11.4. The van der Waals surface area contributed by atoms with Crippen molar-refractivity contribution in [2.75, 3.05) is 0 Å². The van der Waals surface area contributed by atoms with E-state index >= 15 is 0 Å². The molecule has 0 fully saturated rings. The van der Waals surface area contributed by atoms with Gasteiger partial charge < -0.3 is 14.8 Å². The Kier molecular flexibility index (Phi) is 4.01. The molecule has 0 radical (unpaired) electrons. The van der Waals surface area contributed by atoms with Gasteiger partial charge in [0.25, 0.3) is 5.91 Å². The van der Waals surface area contributed by atoms with Crippen molar-refractivity contribution < 1.29 is 19.1 Å². The molecule has 0 aliphatic carbocycles. The molecule has 5 nitrogen and oxygen atoms in total. The molecule has 2 rings (SSSR count). The van der Waals surface area contributed by atoms with Crippen LogP contribution < -0.4 is 5.32 Å². The van der Waals surface area contributed by atoms with E-state index in [4.69, 9.17) is 9.52 Å². The summed E-state index contributed by atoms with van der Waals surface area (Å²) in [7, 11) is 0. The smallest absolute Gasteiger partial charge is 0.371 e. The Morgan fingerprint density at radius 1 is 1.32 bits per heavy atom. The second-order valence-corrected chi connectivity index (χ2v) is 5.04. The summed E-state index contributed by atoms with van der Waals surface area (Å²) in [5.41, 5.74) is 0. The van der Waals surface area contributed by atoms with Crippen molar-refractivity contribution in [2.45, 2.75) is 19.9 Å². The Hall–Kier alpha value is -2.08. The molecule has 0 saturated heterocycles. The number of aryl methyl sites for hydroxylation is 1. The predicted molar refractivity (Wildman–Crippen MR) is 70.5 cm³/mol. The van der Waals surface area contributed by atoms with Gasteiger partial charge in [-0.15, -0.1) is 11.3 Å². The van der Waals surface area contributed by atoms with Crippen LogP contribution >= 0.6 is 11.3 Å². The molecule has 0 aliphatic heterocycles. The molecule has 100 valence electrons. The highest BCUT2D eigenvalue weighted by molar-refractivity contribution is 7.14. The Balaban J connectivity index is 1.94. The topological polar surface area (TPSA) is 79.5 Å². The lowest BCUT2D eigenvalue weighted by Crippen LogP contribution is -2.21. The van der Waals surface area contributed by atoms with Gasteiger partial charge in [0.2, 0.25) is 5.76 Å². The summed E-state index contributed by atoms with van der Waals surface area (Å²) in [5.74, 6) is -1.02. The molecule has 6 heteroatoms. The fourth-order valence-electron chi connectivity index (χ4n) is 1.53. The van der Waals surface area contributed by atoms with Crippen LogP contribution in [0.25, 0.3) is 0 Å². The van der Waals surface area contributed by atoms with E-state index in [1.807, 2.05) is 13.0 Å². The van der Waals surface area contributed by atoms with Crippen LogP contribution in [0.2, 0.25) is 0 Å². The van der Waals surface area contributed by atoms with E-state index in [0.717, 1.165) is 11.3 Å². The van der Waals surface area contributed by atoms with Crippen molar-refractivity contribution >= 4 is 23.2 Å². The Morgan fingerprint density at radius 3 is 2.68 bits per heavy atom. The van der Waals surface area contributed by atoms with E-state index in [1.165, 1.54) is 23.5 Å². The monoisotopic (exact) mass is 279 g/mol. The zero-order chi connectivity index (χ0) is 13.8. The highest BCUT2D eigenvalue weighted by atomic mass is 32.1. The van der Waals surface area contributed by atoms with E-state index in [2.05, 4.69) is 5.32 Å². The van der Waals surface area contributed by atoms with Crippen LogP contribution in [0.3, 0.4) is 0 Å². The minimum Gasteiger partial charge on any atom is -0.475 e. The first kappa shape index (κ1) is 13.4. The van der Waals surface area contributed by atoms with Crippen LogP contribution in [0.1, 0.15) is 37.8 Å². The molecule has 0 aromatic carbocycles. The lowest BCUT2D eigenvalue weighted by Gasteiger charge is -2.00. The molecule has 2 aromatic rings. The van der Waals surface area contributed by atoms with E-state index in [1.54, 1.807) is 6.07 Å². The molecule has 2 aromatic heterocycles. The van der Waals surface area contributed by atoms with Gasteiger partial charge in [-0.2, -0.15) is 0 Å². The van der Waals surface area contributed by atoms with Crippen molar-refractivity contribution in [2.24, 2.45) is 0 Å². The van der Waals surface area contributed by atoms with Gasteiger partial charge in [0.15, 0.2) is 0 Å². The number of carboxylic acids is 1. The average Bonchev–Trinajstić information content (AvgIpc) is 3.04. The van der Waals surface area contributed by atoms with Crippen LogP contribution in [-0.2, 0) is 13.0 Å². The van der Waals surface area contributed by atoms with Crippen LogP contribution in [0.5, 0.6) is 0 Å². The maximum atomic E-state index is 11.8. The summed E-state index contributed by atoms with van der Waals surface area (Å²) in [6.07, 6.45) is 0.901. The molecule has 0 spiro atoms. The zero-order valence-corrected chi connectivity index (χ0v) is 11.1. The first-order chi connectivity index (χ1) is 9.10. The molecule has 1 amide bonds. The predicted octanol–water partition coefficient (Wildman–Crippen LogP) is 2.53. The molecule has 2 heterocycles. The minimum absolute atomic E-state index is 0.131. The Labute approximate surface area is 113 Å². The Morgan fingerprint density at radius 2 is 2.11 bits per heavy atom. The molecular formula is C13H13NO4S. The maximum Gasteiger partial charge on any atom is 0.371 e. The summed E-state index contributed by atoms with van der Waals surface area (Å²) >= 11 is 1.45. The molecule has 19 heavy (non-hydrogen) atoms. The Bertz CT molecular complexity index is 599. The van der Waals surface area contributed by atoms with Gasteiger partial charge in [-0.3, -0.25) is 4.79 Å². The molecule has 0 aliphatic rings. The van der Waals surface area contributed by atoms with E-state index in [-0.39, 0.29) is 18.2 Å². The number of thiophene rings is 1. The van der Waals surface area contributed by atoms with E-state index in [0.29, 0.717) is 10.6 Å². The van der Waals surface area contributed by atoms with Crippen molar-refractivity contribution in [1.29, 1.82) is 0 Å². The standard InChI is InChI=1S/C13H13NO4S/c1-2-9-4-6-11(19-9)12(15)14-7-8-3-5-10(18-8)13(16)17/h3-6H,2,7H2,1H3,(H,14,15)(H,16,17). The van der Waals surface area contributed by atoms with Gasteiger partial charge in [0.1, 0.15) is 5.76 Å². The third kappa shape index (κ3) is 3.23. The molecule has 0 bridgehead atoms. The fraction of sp³-hybridized carbons (Fsp3) is 0.231. The van der Waals surface area contributed by atoms with Crippen molar-refractivity contribution in [1.82, 2.24) is 5.32 Å². The molecule has 0 atom stereocenters. The number of carbonyl (C=O) groups excluding carboxylic acids is 1. The molecule has 2 N–H and O–H groups in total. The quantitative estimate of drug-likeness (QED) is 0.881. The number of rotatable bonds is 5. The van der Waals surface area contributed by atoms with E-state index < -0.39 is 5.97 Å². The SMILES string of the molecule is CCc1ccc(C(=O)NCc2ccc(C(=O)O)o2)s1. The third-order valence-corrected chi connectivity index (χ3v) is 3.76. The molecule has 0 unspecified atom stereocenters. The van der Waals surface area contributed by atoms with Crippen LogP contribution in [-0.4, -0.2) is 17.0 Å². The normalized spacial score (nSPS) is 10.4. The highest BCUT2D eigenvalue weighted by Crippen LogP contribution is 2.17. The van der Waals surface area contributed by atoms with Gasteiger partial charge >= 0.3 is 5.97 Å². The number of aromatic carboxylic acids is 1. The highest BCUT2D eigenvalue weighted by Gasteiger charge is 2.11. The second kappa shape index (κ2) is 5.71. The summed E-state index contributed by atoms with van der Waals surface area (Å²) in [6, 6.07) is 6.61. The number of carbonyl (C=O) groups is 2. The number of amides is 1. The zero-order valence-electron chi connectivity index (χ0n) is 10.3. The summed E-state index contributed by atoms with van der Waals surface area (Å²) in [6.45, 7) is 2.20. The number of nitrogens with one attached hydrogen (secondary N) is 1. The molecular weight excluding hydrogens is 266 g/mol. The van der Waals surface area contributed by atoms with Crippen LogP contribution in [0, 0.1) is 0 Å². The van der Waals surface area contributed by atoms with Crippen LogP contribution in [0.4, 0.5) is 0 Å². The lowest BCUT2D eigenvalue weighted by molar-refractivity contribution is 0.0660. The summed E-state index contributed by atoms with van der Waals surface area (Å²) < 4.78 is 5.05. The lowest BCUT2D eigenvalue weighted by atomic mass is 10.3. The minimum atomic E-state index is -1.12. The van der Waals surface area contributed by atoms with Gasteiger partial charge in [0, 0.05) is 4.88 Å². The van der Waals surface area contributed by atoms with Crippen molar-refractivity contribution in [3.05, 3.63) is 45.5 Å². The van der Waals surface area contributed by atoms with Crippen LogP contribution in [0.15, 0.2) is 28.7 Å². The maximum absolute atomic E-state index is 11.8. The number of hydrogen-bond acceptors (Lipinski definition) is 4. The van der Waals surface area contributed by atoms with Crippen molar-refractivity contribution in [3.63, 3.8) is 0 Å². The fourth-order valence-corrected chi connectivity index (χ4v) is 2.40. The third-order valence-electron chi connectivity index (χ3n) is 2.53. The first-order valence-electron chi connectivity index (χ1n) is 5.79. The van der Waals surface area contributed by atoms with E-state index in [9.17, 15) is 9.59 Å². The number of furan rings is 1. The van der Waals surface area contributed by atoms with Gasteiger partial charge in [-0.25, -0.2) is 4.79 Å². The second-order valence-electron chi connectivity index (χ2n) is 3.87. The first-order valence-corrected chi connectivity index (χ1v) is 6.60.